The van der Waals surface area contributed by atoms with Gasteiger partial charge >= 0.3 is 0 Å². The number of hydrogen-bond acceptors (Lipinski definition) is 2. The molecular formula is C18H22N2O. The van der Waals surface area contributed by atoms with Crippen LogP contribution in [0.15, 0.2) is 30.3 Å². The van der Waals surface area contributed by atoms with Gasteiger partial charge in [0.1, 0.15) is 0 Å². The molecule has 1 saturated carbocycles. The molecule has 110 valence electrons. The van der Waals surface area contributed by atoms with Crippen molar-refractivity contribution in [2.75, 3.05) is 19.6 Å². The second-order valence-electron chi connectivity index (χ2n) is 6.03. The zero-order chi connectivity index (χ0) is 14.5. The number of carbonyl (C=O) groups excluding carboxylic acids is 1. The lowest BCUT2D eigenvalue weighted by Crippen LogP contribution is -2.45. The van der Waals surface area contributed by atoms with Crippen molar-refractivity contribution >= 4 is 5.91 Å². The van der Waals surface area contributed by atoms with Gasteiger partial charge in [0.15, 0.2) is 0 Å². The first kappa shape index (κ1) is 14.2. The number of carbonyl (C=O) groups is 1. The summed E-state index contributed by atoms with van der Waals surface area (Å²) in [5.74, 6) is 6.58. The van der Waals surface area contributed by atoms with E-state index in [0.717, 1.165) is 44.0 Å². The highest BCUT2D eigenvalue weighted by molar-refractivity contribution is 5.94. The monoisotopic (exact) mass is 282 g/mol. The molecule has 1 amide bonds. The molecule has 21 heavy (non-hydrogen) atoms. The summed E-state index contributed by atoms with van der Waals surface area (Å²) in [5.41, 5.74) is 0.895. The Balaban J connectivity index is 1.45. The van der Waals surface area contributed by atoms with Crippen LogP contribution in [0.4, 0.5) is 0 Å². The van der Waals surface area contributed by atoms with Crippen molar-refractivity contribution < 1.29 is 4.79 Å². The van der Waals surface area contributed by atoms with Crippen molar-refractivity contribution in [1.29, 1.82) is 0 Å². The quantitative estimate of drug-likeness (QED) is 0.860. The van der Waals surface area contributed by atoms with E-state index >= 15 is 0 Å². The number of amides is 1. The van der Waals surface area contributed by atoms with Crippen LogP contribution < -0.4 is 5.32 Å². The predicted molar refractivity (Wildman–Crippen MR) is 83.6 cm³/mol. The molecule has 3 heteroatoms. The fourth-order valence-electron chi connectivity index (χ4n) is 2.67. The molecule has 0 aromatic heterocycles. The van der Waals surface area contributed by atoms with Crippen molar-refractivity contribution in [1.82, 2.24) is 10.2 Å². The van der Waals surface area contributed by atoms with Crippen molar-refractivity contribution in [2.24, 2.45) is 5.92 Å². The van der Waals surface area contributed by atoms with Gasteiger partial charge in [-0.05, 0) is 50.3 Å². The molecule has 3 rings (SSSR count). The van der Waals surface area contributed by atoms with E-state index in [1.165, 1.54) is 12.8 Å². The highest BCUT2D eigenvalue weighted by Crippen LogP contribution is 2.28. The molecule has 0 bridgehead atoms. The first-order valence-electron chi connectivity index (χ1n) is 7.90. The van der Waals surface area contributed by atoms with Crippen LogP contribution in [0, 0.1) is 17.8 Å². The van der Waals surface area contributed by atoms with Crippen LogP contribution in [0.1, 0.15) is 31.2 Å². The Bertz CT molecular complexity index is 531. The summed E-state index contributed by atoms with van der Waals surface area (Å²) in [6, 6.07) is 10.3. The smallest absolute Gasteiger partial charge is 0.298 e. The van der Waals surface area contributed by atoms with Crippen molar-refractivity contribution in [2.45, 2.75) is 31.7 Å². The average Bonchev–Trinajstić information content (AvgIpc) is 3.36. The van der Waals surface area contributed by atoms with Gasteiger partial charge in [0.2, 0.25) is 0 Å². The van der Waals surface area contributed by atoms with E-state index in [1.54, 1.807) is 0 Å². The Hall–Kier alpha value is -1.79. The van der Waals surface area contributed by atoms with Crippen LogP contribution in [0.2, 0.25) is 0 Å². The normalized spacial score (nSPS) is 19.0. The Morgan fingerprint density at radius 3 is 2.52 bits per heavy atom. The molecule has 1 aromatic rings. The molecular weight excluding hydrogens is 260 g/mol. The molecule has 2 aliphatic rings. The minimum absolute atomic E-state index is 0.0421. The van der Waals surface area contributed by atoms with Gasteiger partial charge in [0, 0.05) is 30.6 Å². The SMILES string of the molecule is O=C(C#Cc1ccccc1)N1CCC(NCC2CC2)CC1. The average molecular weight is 282 g/mol. The van der Waals surface area contributed by atoms with E-state index in [2.05, 4.69) is 17.2 Å². The van der Waals surface area contributed by atoms with E-state index in [1.807, 2.05) is 35.2 Å². The van der Waals surface area contributed by atoms with Crippen LogP contribution in [0.3, 0.4) is 0 Å². The van der Waals surface area contributed by atoms with Crippen molar-refractivity contribution in [3.63, 3.8) is 0 Å². The fourth-order valence-corrected chi connectivity index (χ4v) is 2.67. The summed E-state index contributed by atoms with van der Waals surface area (Å²) in [5, 5.41) is 3.63. The minimum Gasteiger partial charge on any atom is -0.332 e. The number of nitrogens with zero attached hydrogens (tertiary/aromatic N) is 1. The van der Waals surface area contributed by atoms with Crippen molar-refractivity contribution in [3.8, 4) is 11.8 Å². The molecule has 1 saturated heterocycles. The number of piperidine rings is 1. The number of hydrogen-bond donors (Lipinski definition) is 1. The second kappa shape index (κ2) is 6.78. The van der Waals surface area contributed by atoms with Gasteiger partial charge in [-0.3, -0.25) is 4.79 Å². The zero-order valence-corrected chi connectivity index (χ0v) is 12.3. The van der Waals surface area contributed by atoms with Gasteiger partial charge in [-0.1, -0.05) is 24.1 Å². The van der Waals surface area contributed by atoms with Gasteiger partial charge in [-0.25, -0.2) is 0 Å². The topological polar surface area (TPSA) is 32.3 Å². The van der Waals surface area contributed by atoms with E-state index in [9.17, 15) is 4.79 Å². The van der Waals surface area contributed by atoms with Crippen LogP contribution in [-0.2, 0) is 4.79 Å². The molecule has 1 heterocycles. The maximum Gasteiger partial charge on any atom is 0.298 e. The van der Waals surface area contributed by atoms with Crippen LogP contribution in [-0.4, -0.2) is 36.5 Å². The summed E-state index contributed by atoms with van der Waals surface area (Å²) in [6.45, 7) is 2.81. The maximum atomic E-state index is 12.1. The Kier molecular flexibility index (Phi) is 4.57. The van der Waals surface area contributed by atoms with Gasteiger partial charge in [0.25, 0.3) is 5.91 Å². The molecule has 0 unspecified atom stereocenters. The maximum absolute atomic E-state index is 12.1. The summed E-state index contributed by atoms with van der Waals surface area (Å²) in [4.78, 5) is 14.0. The number of rotatable bonds is 3. The third-order valence-corrected chi connectivity index (χ3v) is 4.26. The van der Waals surface area contributed by atoms with Crippen LogP contribution >= 0.6 is 0 Å². The molecule has 2 fully saturated rings. The van der Waals surface area contributed by atoms with E-state index in [4.69, 9.17) is 0 Å². The van der Waals surface area contributed by atoms with Crippen LogP contribution in [0.5, 0.6) is 0 Å². The Morgan fingerprint density at radius 2 is 1.86 bits per heavy atom. The lowest BCUT2D eigenvalue weighted by atomic mass is 10.0. The molecule has 1 aliphatic heterocycles. The second-order valence-corrected chi connectivity index (χ2v) is 6.03. The molecule has 0 spiro atoms. The highest BCUT2D eigenvalue weighted by atomic mass is 16.2. The molecule has 0 atom stereocenters. The van der Waals surface area contributed by atoms with Crippen molar-refractivity contribution in [3.05, 3.63) is 35.9 Å². The predicted octanol–water partition coefficient (Wildman–Crippen LogP) is 2.03. The van der Waals surface area contributed by atoms with Gasteiger partial charge < -0.3 is 10.2 Å². The van der Waals surface area contributed by atoms with Crippen LogP contribution in [0.25, 0.3) is 0 Å². The number of benzene rings is 1. The van der Waals surface area contributed by atoms with E-state index in [-0.39, 0.29) is 5.91 Å². The Labute approximate surface area is 126 Å². The first-order valence-corrected chi connectivity index (χ1v) is 7.90. The lowest BCUT2D eigenvalue weighted by Gasteiger charge is -2.31. The summed E-state index contributed by atoms with van der Waals surface area (Å²) in [7, 11) is 0. The third kappa shape index (κ3) is 4.34. The molecule has 3 nitrogen and oxygen atoms in total. The Morgan fingerprint density at radius 1 is 1.14 bits per heavy atom. The first-order chi connectivity index (χ1) is 10.3. The van der Waals surface area contributed by atoms with Gasteiger partial charge in [0.05, 0.1) is 0 Å². The molecule has 1 aromatic carbocycles. The molecule has 0 radical (unpaired) electrons. The molecule has 1 N–H and O–H groups in total. The summed E-state index contributed by atoms with van der Waals surface area (Å²) >= 11 is 0. The minimum atomic E-state index is -0.0421. The summed E-state index contributed by atoms with van der Waals surface area (Å²) in [6.07, 6.45) is 4.87. The van der Waals surface area contributed by atoms with E-state index in [0.29, 0.717) is 6.04 Å². The zero-order valence-electron chi connectivity index (χ0n) is 12.3. The summed E-state index contributed by atoms with van der Waals surface area (Å²) < 4.78 is 0. The largest absolute Gasteiger partial charge is 0.332 e. The molecule has 1 aliphatic carbocycles. The number of likely N-dealkylation sites (tertiary alicyclic amines) is 1. The standard InChI is InChI=1S/C18H22N2O/c21-18(9-8-15-4-2-1-3-5-15)20-12-10-17(11-13-20)19-14-16-6-7-16/h1-5,16-17,19H,6-7,10-14H2. The van der Waals surface area contributed by atoms with Gasteiger partial charge in [-0.15, -0.1) is 0 Å². The lowest BCUT2D eigenvalue weighted by molar-refractivity contribution is -0.126. The van der Waals surface area contributed by atoms with E-state index < -0.39 is 0 Å². The highest BCUT2D eigenvalue weighted by Gasteiger charge is 2.25. The third-order valence-electron chi connectivity index (χ3n) is 4.26. The number of nitrogens with one attached hydrogen (secondary N) is 1. The fraction of sp³-hybridized carbons (Fsp3) is 0.500. The van der Waals surface area contributed by atoms with Gasteiger partial charge in [-0.2, -0.15) is 0 Å².